The first kappa shape index (κ1) is 27.7. The van der Waals surface area contributed by atoms with E-state index in [9.17, 15) is 9.59 Å². The number of nitrogens with zero attached hydrogens (tertiary/aromatic N) is 1. The Hall–Kier alpha value is -3.81. The maximum absolute atomic E-state index is 14.0. The number of benzene rings is 2. The van der Waals surface area contributed by atoms with Crippen LogP contribution in [0.1, 0.15) is 68.4 Å². The van der Waals surface area contributed by atoms with Gasteiger partial charge in [-0.15, -0.1) is 0 Å². The molecular weight excluding hydrogens is 510 g/mol. The minimum absolute atomic E-state index is 0.0363. The third kappa shape index (κ3) is 5.19. The lowest BCUT2D eigenvalue weighted by atomic mass is 9.69. The van der Waals surface area contributed by atoms with Crippen molar-refractivity contribution in [2.75, 3.05) is 28.4 Å². The van der Waals surface area contributed by atoms with Crippen molar-refractivity contribution in [2.24, 2.45) is 10.9 Å². The molecule has 212 valence electrons. The Kier molecular flexibility index (Phi) is 8.14. The van der Waals surface area contributed by atoms with Gasteiger partial charge in [-0.05, 0) is 80.8 Å². The van der Waals surface area contributed by atoms with Gasteiger partial charge in [0.15, 0.2) is 17.3 Å². The second kappa shape index (κ2) is 11.7. The molecule has 1 fully saturated rings. The molecular formula is C32H37NO7. The van der Waals surface area contributed by atoms with Gasteiger partial charge in [0, 0.05) is 34.9 Å². The van der Waals surface area contributed by atoms with Crippen LogP contribution in [-0.2, 0) is 14.3 Å². The van der Waals surface area contributed by atoms with E-state index in [0.29, 0.717) is 46.4 Å². The van der Waals surface area contributed by atoms with Crippen molar-refractivity contribution in [2.45, 2.75) is 63.4 Å². The van der Waals surface area contributed by atoms with Gasteiger partial charge in [0.05, 0.1) is 28.4 Å². The molecule has 0 N–H and O–H groups in total. The largest absolute Gasteiger partial charge is 0.497 e. The van der Waals surface area contributed by atoms with Crippen molar-refractivity contribution in [3.8, 4) is 23.0 Å². The van der Waals surface area contributed by atoms with Gasteiger partial charge >= 0.3 is 5.97 Å². The molecule has 1 unspecified atom stereocenters. The highest BCUT2D eigenvalue weighted by molar-refractivity contribution is 6.09. The zero-order valence-corrected chi connectivity index (χ0v) is 23.8. The quantitative estimate of drug-likeness (QED) is 0.387. The minimum atomic E-state index is -0.734. The van der Waals surface area contributed by atoms with Crippen molar-refractivity contribution >= 4 is 17.5 Å². The summed E-state index contributed by atoms with van der Waals surface area (Å²) >= 11 is 0. The second-order valence-electron chi connectivity index (χ2n) is 10.7. The summed E-state index contributed by atoms with van der Waals surface area (Å²) in [7, 11) is 6.38. The van der Waals surface area contributed by atoms with Crippen LogP contribution in [0.2, 0.25) is 0 Å². The van der Waals surface area contributed by atoms with Crippen LogP contribution in [0.15, 0.2) is 52.7 Å². The summed E-state index contributed by atoms with van der Waals surface area (Å²) in [5.41, 5.74) is 3.59. The number of allylic oxidation sites excluding steroid dienone is 2. The molecule has 0 amide bonds. The predicted octanol–water partition coefficient (Wildman–Crippen LogP) is 5.78. The van der Waals surface area contributed by atoms with Crippen LogP contribution < -0.4 is 18.9 Å². The van der Waals surface area contributed by atoms with Crippen molar-refractivity contribution in [1.29, 1.82) is 0 Å². The van der Waals surface area contributed by atoms with Gasteiger partial charge in [-0.1, -0.05) is 6.07 Å². The fourth-order valence-corrected chi connectivity index (χ4v) is 6.37. The Balaban J connectivity index is 1.59. The Morgan fingerprint density at radius 3 is 2.23 bits per heavy atom. The molecule has 2 aliphatic carbocycles. The van der Waals surface area contributed by atoms with Crippen molar-refractivity contribution in [3.63, 3.8) is 0 Å². The summed E-state index contributed by atoms with van der Waals surface area (Å²) < 4.78 is 28.2. The van der Waals surface area contributed by atoms with Crippen LogP contribution in [0.5, 0.6) is 23.0 Å². The van der Waals surface area contributed by atoms with E-state index < -0.39 is 11.8 Å². The molecule has 5 rings (SSSR count). The van der Waals surface area contributed by atoms with Crippen LogP contribution in [0.3, 0.4) is 0 Å². The molecule has 0 aromatic heterocycles. The second-order valence-corrected chi connectivity index (χ2v) is 10.7. The number of esters is 1. The van der Waals surface area contributed by atoms with Crippen LogP contribution >= 0.6 is 0 Å². The average molecular weight is 548 g/mol. The zero-order valence-electron chi connectivity index (χ0n) is 23.8. The van der Waals surface area contributed by atoms with Gasteiger partial charge < -0.3 is 23.7 Å². The summed E-state index contributed by atoms with van der Waals surface area (Å²) in [6, 6.07) is 11.2. The van der Waals surface area contributed by atoms with Crippen molar-refractivity contribution in [1.82, 2.24) is 0 Å². The summed E-state index contributed by atoms with van der Waals surface area (Å²) in [5.74, 6) is 0.658. The maximum atomic E-state index is 14.0. The SMILES string of the molecule is COc1ccc(OC)c([C@@H]2C3=C(C[C@H](c4ccc(OC)c(OC)c4)CC3=O)N=C(C)C2C(=O)OC2CCCC2)c1. The highest BCUT2D eigenvalue weighted by Gasteiger charge is 2.46. The van der Waals surface area contributed by atoms with Crippen molar-refractivity contribution in [3.05, 3.63) is 58.8 Å². The molecule has 8 heteroatoms. The number of ether oxygens (including phenoxy) is 5. The fourth-order valence-electron chi connectivity index (χ4n) is 6.37. The molecule has 0 bridgehead atoms. The molecule has 40 heavy (non-hydrogen) atoms. The first-order valence-corrected chi connectivity index (χ1v) is 13.8. The summed E-state index contributed by atoms with van der Waals surface area (Å²) in [5, 5.41) is 0. The number of carbonyl (C=O) groups is 2. The number of hydrogen-bond donors (Lipinski definition) is 0. The van der Waals surface area contributed by atoms with Gasteiger partial charge in [-0.3, -0.25) is 14.6 Å². The van der Waals surface area contributed by atoms with Gasteiger partial charge in [-0.25, -0.2) is 0 Å². The minimum Gasteiger partial charge on any atom is -0.497 e. The number of methoxy groups -OCH3 is 4. The van der Waals surface area contributed by atoms with E-state index in [1.165, 1.54) is 0 Å². The molecule has 3 atom stereocenters. The zero-order chi connectivity index (χ0) is 28.4. The normalized spacial score (nSPS) is 22.9. The smallest absolute Gasteiger partial charge is 0.315 e. The highest BCUT2D eigenvalue weighted by atomic mass is 16.5. The molecule has 1 heterocycles. The number of carbonyl (C=O) groups excluding carboxylic acids is 2. The number of ketones is 1. The molecule has 0 radical (unpaired) electrons. The van der Waals surface area contributed by atoms with E-state index in [1.54, 1.807) is 28.4 Å². The van der Waals surface area contributed by atoms with Crippen LogP contribution in [0.25, 0.3) is 0 Å². The van der Waals surface area contributed by atoms with Gasteiger partial charge in [-0.2, -0.15) is 0 Å². The number of hydrogen-bond acceptors (Lipinski definition) is 8. The highest BCUT2D eigenvalue weighted by Crippen LogP contribution is 2.50. The Morgan fingerprint density at radius 1 is 0.850 bits per heavy atom. The fraction of sp³-hybridized carbons (Fsp3) is 0.469. The lowest BCUT2D eigenvalue weighted by Crippen LogP contribution is -2.39. The third-order valence-corrected chi connectivity index (χ3v) is 8.38. The van der Waals surface area contributed by atoms with Crippen LogP contribution in [-0.4, -0.2) is 52.0 Å². The van der Waals surface area contributed by atoms with E-state index in [1.807, 2.05) is 43.3 Å². The number of aliphatic imine (C=N–C) groups is 1. The van der Waals surface area contributed by atoms with Crippen molar-refractivity contribution < 1.29 is 33.3 Å². The predicted molar refractivity (Wildman–Crippen MR) is 151 cm³/mol. The lowest BCUT2D eigenvalue weighted by molar-refractivity contribution is -0.151. The molecule has 2 aromatic rings. The van der Waals surface area contributed by atoms with E-state index in [2.05, 4.69) is 0 Å². The number of rotatable bonds is 8. The maximum Gasteiger partial charge on any atom is 0.315 e. The summed E-state index contributed by atoms with van der Waals surface area (Å²) in [6.07, 6.45) is 4.57. The molecule has 1 aliphatic heterocycles. The van der Waals surface area contributed by atoms with Gasteiger partial charge in [0.25, 0.3) is 0 Å². The number of Topliss-reactive ketones (excluding diaryl/α,β-unsaturated/α-hetero) is 1. The summed E-state index contributed by atoms with van der Waals surface area (Å²) in [4.78, 5) is 32.7. The van der Waals surface area contributed by atoms with E-state index in [4.69, 9.17) is 28.7 Å². The van der Waals surface area contributed by atoms with E-state index >= 15 is 0 Å². The molecule has 8 nitrogen and oxygen atoms in total. The van der Waals surface area contributed by atoms with E-state index in [0.717, 1.165) is 36.8 Å². The van der Waals surface area contributed by atoms with E-state index in [-0.39, 0.29) is 30.2 Å². The Morgan fingerprint density at radius 2 is 1.55 bits per heavy atom. The first-order chi connectivity index (χ1) is 19.4. The molecule has 0 spiro atoms. The van der Waals surface area contributed by atoms with Crippen LogP contribution in [0.4, 0.5) is 0 Å². The Labute approximate surface area is 235 Å². The van der Waals surface area contributed by atoms with Gasteiger partial charge in [0.2, 0.25) is 0 Å². The average Bonchev–Trinajstić information content (AvgIpc) is 3.48. The molecule has 1 saturated carbocycles. The Bertz CT molecular complexity index is 1360. The molecule has 2 aromatic carbocycles. The summed E-state index contributed by atoms with van der Waals surface area (Å²) in [6.45, 7) is 1.86. The topological polar surface area (TPSA) is 92.6 Å². The monoisotopic (exact) mass is 547 g/mol. The standard InChI is InChI=1S/C32H37NO7/c1-18-29(32(35)40-21-8-6-7-9-21)30(23-17-22(36-2)11-13-26(23)37-3)31-24(33-18)14-20(15-25(31)34)19-10-12-27(38-4)28(16-19)39-5/h10-13,16-17,20-21,29-30H,6-9,14-15H2,1-5H3/t20-,29?,30-/m0/s1. The lowest BCUT2D eigenvalue weighted by Gasteiger charge is -2.37. The molecule has 3 aliphatic rings. The first-order valence-electron chi connectivity index (χ1n) is 13.8. The van der Waals surface area contributed by atoms with Crippen LogP contribution in [0, 0.1) is 5.92 Å². The third-order valence-electron chi connectivity index (χ3n) is 8.38. The molecule has 0 saturated heterocycles. The van der Waals surface area contributed by atoms with Gasteiger partial charge in [0.1, 0.15) is 23.5 Å².